The number of hydrogen-bond acceptors (Lipinski definition) is 3. The van der Waals surface area contributed by atoms with E-state index in [1.165, 1.54) is 6.92 Å². The van der Waals surface area contributed by atoms with Crippen molar-refractivity contribution in [3.63, 3.8) is 0 Å². The van der Waals surface area contributed by atoms with Crippen LogP contribution < -0.4 is 16.0 Å². The molecule has 5 heteroatoms. The van der Waals surface area contributed by atoms with E-state index >= 15 is 0 Å². The number of benzene rings is 1. The van der Waals surface area contributed by atoms with E-state index in [1.54, 1.807) is 7.05 Å². The maximum Gasteiger partial charge on any atom is 0.236 e. The van der Waals surface area contributed by atoms with Crippen molar-refractivity contribution >= 4 is 17.5 Å². The minimum atomic E-state index is -0.190. The van der Waals surface area contributed by atoms with Crippen molar-refractivity contribution in [1.82, 2.24) is 10.6 Å². The fourth-order valence-corrected chi connectivity index (χ4v) is 2.08. The highest BCUT2D eigenvalue weighted by Crippen LogP contribution is 2.11. The lowest BCUT2D eigenvalue weighted by molar-refractivity contribution is -0.123. The van der Waals surface area contributed by atoms with E-state index in [1.807, 2.05) is 24.3 Å². The highest BCUT2D eigenvalue weighted by Gasteiger charge is 2.17. The normalized spacial score (nSPS) is 12.0. The van der Waals surface area contributed by atoms with Crippen LogP contribution in [0.2, 0.25) is 0 Å². The van der Waals surface area contributed by atoms with E-state index in [9.17, 15) is 9.59 Å². The van der Waals surface area contributed by atoms with Gasteiger partial charge in [0.2, 0.25) is 11.8 Å². The zero-order chi connectivity index (χ0) is 15.8. The van der Waals surface area contributed by atoms with Crippen LogP contribution in [0.3, 0.4) is 0 Å². The Balaban J connectivity index is 2.58. The molecule has 0 aliphatic carbocycles. The fourth-order valence-electron chi connectivity index (χ4n) is 2.08. The maximum absolute atomic E-state index is 11.8. The molecular weight excluding hydrogens is 266 g/mol. The summed E-state index contributed by atoms with van der Waals surface area (Å²) < 4.78 is 0. The van der Waals surface area contributed by atoms with Crippen LogP contribution in [0, 0.1) is 5.92 Å². The number of anilines is 1. The molecule has 3 N–H and O–H groups in total. The molecule has 0 saturated carbocycles. The minimum absolute atomic E-state index is 0.0126. The molecule has 0 saturated heterocycles. The Labute approximate surface area is 126 Å². The van der Waals surface area contributed by atoms with E-state index in [0.29, 0.717) is 12.5 Å². The first-order chi connectivity index (χ1) is 9.92. The van der Waals surface area contributed by atoms with Gasteiger partial charge in [-0.25, -0.2) is 0 Å². The summed E-state index contributed by atoms with van der Waals surface area (Å²) in [6.45, 7) is 6.29. The third-order valence-electron chi connectivity index (χ3n) is 3.10. The molecule has 0 fully saturated rings. The molecule has 0 heterocycles. The van der Waals surface area contributed by atoms with Gasteiger partial charge in [-0.3, -0.25) is 9.59 Å². The van der Waals surface area contributed by atoms with Gasteiger partial charge in [0.25, 0.3) is 0 Å². The molecule has 1 atom stereocenters. The lowest BCUT2D eigenvalue weighted by Crippen LogP contribution is -2.43. The molecule has 116 valence electrons. The molecule has 0 aliphatic rings. The zero-order valence-corrected chi connectivity index (χ0v) is 13.2. The standard InChI is InChI=1S/C16H25N3O2/c1-11(2)9-15(16(21)17-4)18-10-13-5-7-14(8-6-13)19-12(3)20/h5-8,11,15,18H,9-10H2,1-4H3,(H,17,21)(H,19,20). The Morgan fingerprint density at radius 2 is 1.76 bits per heavy atom. The number of carbonyl (C=O) groups is 2. The maximum atomic E-state index is 11.8. The summed E-state index contributed by atoms with van der Waals surface area (Å²) in [6.07, 6.45) is 0.795. The third-order valence-corrected chi connectivity index (χ3v) is 3.10. The highest BCUT2D eigenvalue weighted by molar-refractivity contribution is 5.88. The van der Waals surface area contributed by atoms with Gasteiger partial charge < -0.3 is 16.0 Å². The fraction of sp³-hybridized carbons (Fsp3) is 0.500. The predicted octanol–water partition coefficient (Wildman–Crippen LogP) is 1.90. The number of rotatable bonds is 7. The zero-order valence-electron chi connectivity index (χ0n) is 13.2. The van der Waals surface area contributed by atoms with Crippen molar-refractivity contribution in [3.05, 3.63) is 29.8 Å². The molecule has 1 unspecified atom stereocenters. The summed E-state index contributed by atoms with van der Waals surface area (Å²) in [5.41, 5.74) is 1.85. The Hall–Kier alpha value is -1.88. The Morgan fingerprint density at radius 1 is 1.14 bits per heavy atom. The topological polar surface area (TPSA) is 70.2 Å². The molecule has 21 heavy (non-hydrogen) atoms. The van der Waals surface area contributed by atoms with Crippen LogP contribution in [0.15, 0.2) is 24.3 Å². The van der Waals surface area contributed by atoms with Crippen LogP contribution in [0.25, 0.3) is 0 Å². The van der Waals surface area contributed by atoms with E-state index in [2.05, 4.69) is 29.8 Å². The van der Waals surface area contributed by atoms with E-state index < -0.39 is 0 Å². The first-order valence-electron chi connectivity index (χ1n) is 7.24. The second kappa shape index (κ2) is 8.42. The van der Waals surface area contributed by atoms with Crippen LogP contribution in [-0.2, 0) is 16.1 Å². The quantitative estimate of drug-likeness (QED) is 0.718. The summed E-state index contributed by atoms with van der Waals surface area (Å²) in [4.78, 5) is 22.8. The summed E-state index contributed by atoms with van der Waals surface area (Å²) in [5.74, 6) is 0.373. The summed E-state index contributed by atoms with van der Waals surface area (Å²) in [6, 6.07) is 7.40. The van der Waals surface area contributed by atoms with Gasteiger partial charge in [0.15, 0.2) is 0 Å². The van der Waals surface area contributed by atoms with Crippen LogP contribution in [0.4, 0.5) is 5.69 Å². The smallest absolute Gasteiger partial charge is 0.236 e. The van der Waals surface area contributed by atoms with Crippen molar-refractivity contribution < 1.29 is 9.59 Å². The first kappa shape index (κ1) is 17.2. The molecule has 0 aliphatic heterocycles. The summed E-state index contributed by atoms with van der Waals surface area (Å²) in [5, 5.41) is 8.69. The molecule has 1 aromatic carbocycles. The van der Waals surface area contributed by atoms with Crippen molar-refractivity contribution in [3.8, 4) is 0 Å². The van der Waals surface area contributed by atoms with Gasteiger partial charge in [-0.2, -0.15) is 0 Å². The van der Waals surface area contributed by atoms with Crippen molar-refractivity contribution in [2.75, 3.05) is 12.4 Å². The van der Waals surface area contributed by atoms with E-state index in [0.717, 1.165) is 17.7 Å². The highest BCUT2D eigenvalue weighted by atomic mass is 16.2. The van der Waals surface area contributed by atoms with E-state index in [-0.39, 0.29) is 17.9 Å². The van der Waals surface area contributed by atoms with Gasteiger partial charge in [0.1, 0.15) is 0 Å². The minimum Gasteiger partial charge on any atom is -0.358 e. The van der Waals surface area contributed by atoms with Crippen LogP contribution >= 0.6 is 0 Å². The lowest BCUT2D eigenvalue weighted by Gasteiger charge is -2.19. The van der Waals surface area contributed by atoms with Gasteiger partial charge >= 0.3 is 0 Å². The molecule has 0 aromatic heterocycles. The molecule has 0 radical (unpaired) electrons. The first-order valence-corrected chi connectivity index (χ1v) is 7.24. The van der Waals surface area contributed by atoms with Gasteiger partial charge in [0, 0.05) is 26.2 Å². The number of likely N-dealkylation sites (N-methyl/N-ethyl adjacent to an activating group) is 1. The lowest BCUT2D eigenvalue weighted by atomic mass is 10.0. The van der Waals surface area contributed by atoms with Crippen LogP contribution in [0.1, 0.15) is 32.8 Å². The molecule has 0 bridgehead atoms. The number of hydrogen-bond donors (Lipinski definition) is 3. The molecule has 2 amide bonds. The SMILES string of the molecule is CNC(=O)C(CC(C)C)NCc1ccc(NC(C)=O)cc1. The molecule has 5 nitrogen and oxygen atoms in total. The number of carbonyl (C=O) groups excluding carboxylic acids is 2. The van der Waals surface area contributed by atoms with Gasteiger partial charge in [-0.15, -0.1) is 0 Å². The van der Waals surface area contributed by atoms with Gasteiger partial charge in [0.05, 0.1) is 6.04 Å². The van der Waals surface area contributed by atoms with Crippen molar-refractivity contribution in [1.29, 1.82) is 0 Å². The average Bonchev–Trinajstić information content (AvgIpc) is 2.43. The van der Waals surface area contributed by atoms with Gasteiger partial charge in [-0.1, -0.05) is 26.0 Å². The number of nitrogens with one attached hydrogen (secondary N) is 3. The Morgan fingerprint density at radius 3 is 2.24 bits per heavy atom. The summed E-state index contributed by atoms with van der Waals surface area (Å²) >= 11 is 0. The Kier molecular flexibility index (Phi) is 6.88. The molecule has 1 rings (SSSR count). The van der Waals surface area contributed by atoms with Crippen molar-refractivity contribution in [2.24, 2.45) is 5.92 Å². The van der Waals surface area contributed by atoms with E-state index in [4.69, 9.17) is 0 Å². The predicted molar refractivity (Wildman–Crippen MR) is 84.9 cm³/mol. The molecule has 1 aromatic rings. The average molecular weight is 291 g/mol. The monoisotopic (exact) mass is 291 g/mol. The van der Waals surface area contributed by atoms with Crippen LogP contribution in [-0.4, -0.2) is 24.9 Å². The van der Waals surface area contributed by atoms with Crippen LogP contribution in [0.5, 0.6) is 0 Å². The second-order valence-electron chi connectivity index (χ2n) is 5.56. The van der Waals surface area contributed by atoms with Crippen molar-refractivity contribution in [2.45, 2.75) is 39.8 Å². The van der Waals surface area contributed by atoms with Gasteiger partial charge in [-0.05, 0) is 30.0 Å². The second-order valence-corrected chi connectivity index (χ2v) is 5.56. The largest absolute Gasteiger partial charge is 0.358 e. The molecule has 0 spiro atoms. The molecular formula is C16H25N3O2. The summed E-state index contributed by atoms with van der Waals surface area (Å²) in [7, 11) is 1.65. The number of amides is 2. The Bertz CT molecular complexity index is 469. The third kappa shape index (κ3) is 6.40.